The molecule has 0 radical (unpaired) electrons. The van der Waals surface area contributed by atoms with Gasteiger partial charge in [-0.3, -0.25) is 9.98 Å². The van der Waals surface area contributed by atoms with Crippen molar-refractivity contribution in [3.8, 4) is 5.75 Å². The van der Waals surface area contributed by atoms with E-state index in [1.165, 1.54) is 6.07 Å². The summed E-state index contributed by atoms with van der Waals surface area (Å²) in [4.78, 5) is 8.10. The second kappa shape index (κ2) is 11.6. The lowest BCUT2D eigenvalue weighted by Gasteiger charge is -2.12. The van der Waals surface area contributed by atoms with Crippen LogP contribution in [0.4, 0.5) is 4.39 Å². The van der Waals surface area contributed by atoms with Gasteiger partial charge in [0.1, 0.15) is 18.2 Å². The highest BCUT2D eigenvalue weighted by Gasteiger charge is 2.02. The predicted molar refractivity (Wildman–Crippen MR) is 105 cm³/mol. The van der Waals surface area contributed by atoms with Crippen LogP contribution < -0.4 is 15.4 Å². The zero-order valence-corrected chi connectivity index (χ0v) is 15.9. The Hall–Kier alpha value is -1.90. The molecular formula is C17H22FIN4O. The number of halogens is 2. The van der Waals surface area contributed by atoms with Crippen molar-refractivity contribution in [1.29, 1.82) is 0 Å². The van der Waals surface area contributed by atoms with E-state index < -0.39 is 0 Å². The number of nitrogens with zero attached hydrogens (tertiary/aromatic N) is 2. The molecule has 2 N–H and O–H groups in total. The first-order valence-electron chi connectivity index (χ1n) is 7.50. The van der Waals surface area contributed by atoms with Crippen molar-refractivity contribution < 1.29 is 9.13 Å². The molecule has 0 aliphatic carbocycles. The lowest BCUT2D eigenvalue weighted by molar-refractivity contribution is 0.320. The van der Waals surface area contributed by atoms with Gasteiger partial charge < -0.3 is 15.4 Å². The lowest BCUT2D eigenvalue weighted by atomic mass is 10.1. The Morgan fingerprint density at radius 3 is 2.67 bits per heavy atom. The van der Waals surface area contributed by atoms with Gasteiger partial charge in [0.05, 0.1) is 12.7 Å². The predicted octanol–water partition coefficient (Wildman–Crippen LogP) is 2.63. The molecule has 0 saturated heterocycles. The fourth-order valence-electron chi connectivity index (χ4n) is 2.01. The minimum absolute atomic E-state index is 0. The number of hydrogen-bond donors (Lipinski definition) is 2. The minimum atomic E-state index is -0.179. The molecule has 7 heteroatoms. The Labute approximate surface area is 158 Å². The van der Waals surface area contributed by atoms with E-state index in [1.807, 2.05) is 18.2 Å². The number of ether oxygens (including phenoxy) is 1. The van der Waals surface area contributed by atoms with E-state index in [9.17, 15) is 4.39 Å². The first-order chi connectivity index (χ1) is 11.3. The number of rotatable bonds is 7. The van der Waals surface area contributed by atoms with Crippen LogP contribution >= 0.6 is 24.0 Å². The molecule has 24 heavy (non-hydrogen) atoms. The smallest absolute Gasteiger partial charge is 0.191 e. The molecule has 0 aliphatic heterocycles. The van der Waals surface area contributed by atoms with E-state index in [0.717, 1.165) is 5.75 Å². The van der Waals surface area contributed by atoms with Gasteiger partial charge in [0, 0.05) is 19.8 Å². The molecule has 1 aromatic heterocycles. The molecule has 0 fully saturated rings. The maximum Gasteiger partial charge on any atom is 0.191 e. The number of guanidine groups is 1. The average Bonchev–Trinajstić information content (AvgIpc) is 2.59. The highest BCUT2D eigenvalue weighted by molar-refractivity contribution is 14.0. The quantitative estimate of drug-likeness (QED) is 0.299. The largest absolute Gasteiger partial charge is 0.490 e. The van der Waals surface area contributed by atoms with E-state index in [2.05, 4.69) is 20.6 Å². The van der Waals surface area contributed by atoms with Crippen LogP contribution in [0.15, 0.2) is 53.8 Å². The van der Waals surface area contributed by atoms with Crippen molar-refractivity contribution in [3.05, 3.63) is 60.2 Å². The summed E-state index contributed by atoms with van der Waals surface area (Å²) in [7, 11) is 1.69. The number of nitrogens with one attached hydrogen (secondary N) is 2. The van der Waals surface area contributed by atoms with Crippen LogP contribution in [0.2, 0.25) is 0 Å². The molecule has 2 aromatic rings. The molecule has 2 rings (SSSR count). The summed E-state index contributed by atoms with van der Waals surface area (Å²) >= 11 is 0. The summed E-state index contributed by atoms with van der Waals surface area (Å²) in [5, 5.41) is 6.29. The molecule has 0 atom stereocenters. The van der Waals surface area contributed by atoms with Gasteiger partial charge in [-0.1, -0.05) is 18.2 Å². The van der Waals surface area contributed by atoms with Crippen LogP contribution in [0.5, 0.6) is 5.75 Å². The van der Waals surface area contributed by atoms with Crippen molar-refractivity contribution in [2.45, 2.75) is 6.42 Å². The summed E-state index contributed by atoms with van der Waals surface area (Å²) in [6.45, 7) is 1.71. The highest BCUT2D eigenvalue weighted by atomic mass is 127. The van der Waals surface area contributed by atoms with Gasteiger partial charge in [-0.2, -0.15) is 0 Å². The number of aromatic nitrogens is 1. The highest BCUT2D eigenvalue weighted by Crippen LogP contribution is 2.06. The number of aliphatic imine (C=N–C) groups is 1. The van der Waals surface area contributed by atoms with E-state index >= 15 is 0 Å². The second-order valence-electron chi connectivity index (χ2n) is 4.80. The number of benzene rings is 1. The lowest BCUT2D eigenvalue weighted by Crippen LogP contribution is -2.40. The maximum absolute atomic E-state index is 13.5. The molecule has 0 unspecified atom stereocenters. The van der Waals surface area contributed by atoms with Crippen molar-refractivity contribution in [2.24, 2.45) is 4.99 Å². The zero-order chi connectivity index (χ0) is 16.3. The summed E-state index contributed by atoms with van der Waals surface area (Å²) in [5.41, 5.74) is 0.690. The number of pyridine rings is 1. The Morgan fingerprint density at radius 1 is 1.17 bits per heavy atom. The van der Waals surface area contributed by atoms with E-state index in [0.29, 0.717) is 37.6 Å². The molecule has 1 aromatic carbocycles. The monoisotopic (exact) mass is 444 g/mol. The van der Waals surface area contributed by atoms with Crippen LogP contribution in [0.1, 0.15) is 5.56 Å². The fraction of sp³-hybridized carbons (Fsp3) is 0.294. The Balaban J connectivity index is 0.00000288. The first kappa shape index (κ1) is 20.1. The molecule has 0 bridgehead atoms. The topological polar surface area (TPSA) is 58.5 Å². The van der Waals surface area contributed by atoms with Gasteiger partial charge in [-0.15, -0.1) is 24.0 Å². The van der Waals surface area contributed by atoms with Crippen LogP contribution in [-0.4, -0.2) is 37.7 Å². The molecular weight excluding hydrogens is 422 g/mol. The third-order valence-corrected chi connectivity index (χ3v) is 3.17. The SMILES string of the molecule is CN=C(NCCOc1cccnc1)NCCc1ccccc1F.I. The number of hydrogen-bond acceptors (Lipinski definition) is 3. The standard InChI is InChI=1S/C17H21FN4O.HI/c1-19-17(21-10-8-14-5-2-3-7-16(14)18)22-11-12-23-15-6-4-9-20-13-15;/h2-7,9,13H,8,10-12H2,1H3,(H2,19,21,22);1H. The molecule has 0 amide bonds. The molecule has 5 nitrogen and oxygen atoms in total. The van der Waals surface area contributed by atoms with E-state index in [4.69, 9.17) is 4.74 Å². The molecule has 0 spiro atoms. The van der Waals surface area contributed by atoms with Crippen LogP contribution in [0.25, 0.3) is 0 Å². The van der Waals surface area contributed by atoms with Gasteiger partial charge in [-0.25, -0.2) is 4.39 Å². The van der Waals surface area contributed by atoms with Crippen LogP contribution in [0.3, 0.4) is 0 Å². The van der Waals surface area contributed by atoms with Gasteiger partial charge in [0.15, 0.2) is 5.96 Å². The Morgan fingerprint density at radius 2 is 1.96 bits per heavy atom. The zero-order valence-electron chi connectivity index (χ0n) is 13.5. The normalized spacial score (nSPS) is 10.7. The van der Waals surface area contributed by atoms with Crippen molar-refractivity contribution in [2.75, 3.05) is 26.7 Å². The molecule has 1 heterocycles. The van der Waals surface area contributed by atoms with E-state index in [-0.39, 0.29) is 29.8 Å². The van der Waals surface area contributed by atoms with Gasteiger partial charge in [0.25, 0.3) is 0 Å². The van der Waals surface area contributed by atoms with Crippen molar-refractivity contribution >= 4 is 29.9 Å². The average molecular weight is 444 g/mol. The first-order valence-corrected chi connectivity index (χ1v) is 7.50. The maximum atomic E-state index is 13.5. The van der Waals surface area contributed by atoms with Gasteiger partial charge >= 0.3 is 0 Å². The van der Waals surface area contributed by atoms with Crippen LogP contribution in [0, 0.1) is 5.82 Å². The third kappa shape index (κ3) is 7.12. The van der Waals surface area contributed by atoms with Gasteiger partial charge in [-0.05, 0) is 30.2 Å². The van der Waals surface area contributed by atoms with Gasteiger partial charge in [0.2, 0.25) is 0 Å². The summed E-state index contributed by atoms with van der Waals surface area (Å²) in [6.07, 6.45) is 3.97. The third-order valence-electron chi connectivity index (χ3n) is 3.17. The van der Waals surface area contributed by atoms with Crippen molar-refractivity contribution in [1.82, 2.24) is 15.6 Å². The summed E-state index contributed by atoms with van der Waals surface area (Å²) in [6, 6.07) is 10.5. The second-order valence-corrected chi connectivity index (χ2v) is 4.80. The van der Waals surface area contributed by atoms with Crippen LogP contribution in [-0.2, 0) is 6.42 Å². The summed E-state index contributed by atoms with van der Waals surface area (Å²) in [5.74, 6) is 1.22. The van der Waals surface area contributed by atoms with E-state index in [1.54, 1.807) is 31.6 Å². The Kier molecular flexibility index (Phi) is 9.74. The minimum Gasteiger partial charge on any atom is -0.490 e. The molecule has 0 aliphatic rings. The molecule has 130 valence electrons. The van der Waals surface area contributed by atoms with Crippen molar-refractivity contribution in [3.63, 3.8) is 0 Å². The molecule has 0 saturated carbocycles. The fourth-order valence-corrected chi connectivity index (χ4v) is 2.01. The summed E-state index contributed by atoms with van der Waals surface area (Å²) < 4.78 is 19.0. The Bertz CT molecular complexity index is 625.